The Hall–Kier alpha value is -3.14. The second-order valence-corrected chi connectivity index (χ2v) is 5.94. The van der Waals surface area contributed by atoms with Crippen LogP contribution in [0.1, 0.15) is 43.0 Å². The highest BCUT2D eigenvalue weighted by molar-refractivity contribution is 6.05. The van der Waals surface area contributed by atoms with Crippen LogP contribution in [0.2, 0.25) is 0 Å². The van der Waals surface area contributed by atoms with Crippen molar-refractivity contribution in [2.45, 2.75) is 13.8 Å². The number of esters is 2. The molecular formula is C20H14O4. The van der Waals surface area contributed by atoms with E-state index in [1.807, 2.05) is 38.1 Å². The first-order valence-electron chi connectivity index (χ1n) is 7.61. The van der Waals surface area contributed by atoms with Gasteiger partial charge in [-0.15, -0.1) is 0 Å². The zero-order valence-electron chi connectivity index (χ0n) is 13.3. The van der Waals surface area contributed by atoms with E-state index >= 15 is 0 Å². The number of aryl methyl sites for hydroxylation is 2. The van der Waals surface area contributed by atoms with E-state index in [-0.39, 0.29) is 11.9 Å². The molecule has 4 rings (SSSR count). The zero-order valence-corrected chi connectivity index (χ0v) is 13.3. The summed E-state index contributed by atoms with van der Waals surface area (Å²) < 4.78 is 10.6. The summed E-state index contributed by atoms with van der Waals surface area (Å²) in [6, 6.07) is 11.2. The smallest absolute Gasteiger partial charge is 0.344 e. The minimum Gasteiger partial charge on any atom is -0.422 e. The third kappa shape index (κ3) is 2.24. The topological polar surface area (TPSA) is 52.6 Å². The Morgan fingerprint density at radius 1 is 0.667 bits per heavy atom. The van der Waals surface area contributed by atoms with Gasteiger partial charge in [-0.05, 0) is 38.1 Å². The number of ether oxygens (including phenoxy) is 2. The van der Waals surface area contributed by atoms with Gasteiger partial charge in [0, 0.05) is 11.1 Å². The average molecular weight is 318 g/mol. The van der Waals surface area contributed by atoms with Crippen LogP contribution >= 0.6 is 0 Å². The quantitative estimate of drug-likeness (QED) is 0.745. The highest BCUT2D eigenvalue weighted by atomic mass is 16.5. The fourth-order valence-corrected chi connectivity index (χ4v) is 2.90. The van der Waals surface area contributed by atoms with E-state index in [0.717, 1.165) is 22.3 Å². The van der Waals surface area contributed by atoms with Crippen LogP contribution in [0.3, 0.4) is 0 Å². The number of allylic oxidation sites excluding steroid dienone is 2. The van der Waals surface area contributed by atoms with E-state index in [9.17, 15) is 9.59 Å². The van der Waals surface area contributed by atoms with Crippen LogP contribution in [0.15, 0.2) is 48.6 Å². The van der Waals surface area contributed by atoms with Gasteiger partial charge in [-0.1, -0.05) is 35.4 Å². The molecule has 0 bridgehead atoms. The second-order valence-electron chi connectivity index (χ2n) is 5.94. The summed E-state index contributed by atoms with van der Waals surface area (Å²) in [6.07, 6.45) is 3.33. The van der Waals surface area contributed by atoms with Gasteiger partial charge in [-0.3, -0.25) is 0 Å². The summed E-state index contributed by atoms with van der Waals surface area (Å²) in [7, 11) is 0. The molecule has 0 saturated carbocycles. The maximum Gasteiger partial charge on any atom is 0.344 e. The van der Waals surface area contributed by atoms with Crippen molar-refractivity contribution in [3.63, 3.8) is 0 Å². The second kappa shape index (κ2) is 5.20. The summed E-state index contributed by atoms with van der Waals surface area (Å²) in [5, 5.41) is 0. The van der Waals surface area contributed by atoms with Crippen molar-refractivity contribution >= 4 is 23.5 Å². The number of fused-ring (bicyclic) bond motifs is 2. The van der Waals surface area contributed by atoms with Crippen LogP contribution in [0.5, 0.6) is 0 Å². The van der Waals surface area contributed by atoms with Crippen molar-refractivity contribution in [3.05, 3.63) is 81.9 Å². The predicted molar refractivity (Wildman–Crippen MR) is 89.1 cm³/mol. The van der Waals surface area contributed by atoms with Gasteiger partial charge in [0.25, 0.3) is 0 Å². The summed E-state index contributed by atoms with van der Waals surface area (Å²) in [5.74, 6) is 0.189. The SMILES string of the molecule is Cc1ccc2c(c1)C(=O)OC2=CC=C1OC(=O)c2cc(C)ccc21. The molecule has 2 aromatic rings. The first-order chi connectivity index (χ1) is 11.5. The third-order valence-corrected chi connectivity index (χ3v) is 4.11. The van der Waals surface area contributed by atoms with Crippen LogP contribution in [0.4, 0.5) is 0 Å². The van der Waals surface area contributed by atoms with Gasteiger partial charge >= 0.3 is 11.9 Å². The summed E-state index contributed by atoms with van der Waals surface area (Å²) >= 11 is 0. The number of hydrogen-bond acceptors (Lipinski definition) is 4. The first kappa shape index (κ1) is 14.5. The molecule has 0 amide bonds. The first-order valence-corrected chi connectivity index (χ1v) is 7.61. The van der Waals surface area contributed by atoms with Crippen molar-refractivity contribution in [3.8, 4) is 0 Å². The van der Waals surface area contributed by atoms with Crippen molar-refractivity contribution in [1.29, 1.82) is 0 Å². The number of rotatable bonds is 1. The number of hydrogen-bond donors (Lipinski definition) is 0. The standard InChI is InChI=1S/C20H14O4/c1-11-3-5-13-15(9-11)19(21)23-17(13)7-8-18-14-6-4-12(2)10-16(14)20(22)24-18/h3-10H,1-2H3. The Balaban J connectivity index is 1.74. The zero-order chi connectivity index (χ0) is 16.8. The van der Waals surface area contributed by atoms with Gasteiger partial charge in [-0.2, -0.15) is 0 Å². The molecule has 0 atom stereocenters. The number of carbonyl (C=O) groups is 2. The minimum absolute atomic E-state index is 0.363. The molecule has 2 aliphatic heterocycles. The third-order valence-electron chi connectivity index (χ3n) is 4.11. The number of benzene rings is 2. The average Bonchev–Trinajstić information content (AvgIpc) is 3.03. The molecule has 2 aliphatic rings. The van der Waals surface area contributed by atoms with E-state index in [1.54, 1.807) is 24.3 Å². The van der Waals surface area contributed by atoms with Gasteiger partial charge in [0.2, 0.25) is 0 Å². The summed E-state index contributed by atoms with van der Waals surface area (Å²) in [4.78, 5) is 23.9. The molecular weight excluding hydrogens is 304 g/mol. The van der Waals surface area contributed by atoms with Crippen LogP contribution in [-0.4, -0.2) is 11.9 Å². The molecule has 4 heteroatoms. The number of cyclic esters (lactones) is 2. The molecule has 0 spiro atoms. The van der Waals surface area contributed by atoms with Gasteiger partial charge in [-0.25, -0.2) is 9.59 Å². The Bertz CT molecular complexity index is 884. The van der Waals surface area contributed by atoms with Gasteiger partial charge < -0.3 is 9.47 Å². The minimum atomic E-state index is -0.363. The van der Waals surface area contributed by atoms with Crippen LogP contribution in [0.25, 0.3) is 11.5 Å². The Morgan fingerprint density at radius 2 is 1.08 bits per heavy atom. The van der Waals surface area contributed by atoms with E-state index < -0.39 is 0 Å². The normalized spacial score (nSPS) is 18.6. The van der Waals surface area contributed by atoms with Crippen LogP contribution in [-0.2, 0) is 9.47 Å². The van der Waals surface area contributed by atoms with Gasteiger partial charge in [0.05, 0.1) is 11.1 Å². The lowest BCUT2D eigenvalue weighted by atomic mass is 10.0. The largest absolute Gasteiger partial charge is 0.422 e. The Kier molecular flexibility index (Phi) is 3.13. The summed E-state index contributed by atoms with van der Waals surface area (Å²) in [5.41, 5.74) is 4.60. The van der Waals surface area contributed by atoms with Gasteiger partial charge in [0.15, 0.2) is 0 Å². The number of carbonyl (C=O) groups excluding carboxylic acids is 2. The molecule has 0 saturated heterocycles. The highest BCUT2D eigenvalue weighted by Crippen LogP contribution is 2.33. The van der Waals surface area contributed by atoms with Gasteiger partial charge in [0.1, 0.15) is 11.5 Å². The molecule has 0 aromatic heterocycles. The van der Waals surface area contributed by atoms with Crippen molar-refractivity contribution < 1.29 is 19.1 Å². The van der Waals surface area contributed by atoms with E-state index in [2.05, 4.69) is 0 Å². The van der Waals surface area contributed by atoms with Crippen molar-refractivity contribution in [2.75, 3.05) is 0 Å². The molecule has 2 heterocycles. The molecule has 0 fully saturated rings. The lowest BCUT2D eigenvalue weighted by molar-refractivity contribution is 0.0704. The van der Waals surface area contributed by atoms with Crippen molar-refractivity contribution in [1.82, 2.24) is 0 Å². The van der Waals surface area contributed by atoms with E-state index in [1.165, 1.54) is 0 Å². The van der Waals surface area contributed by atoms with Crippen LogP contribution in [0, 0.1) is 13.8 Å². The predicted octanol–water partition coefficient (Wildman–Crippen LogP) is 4.03. The molecule has 0 aliphatic carbocycles. The molecule has 4 nitrogen and oxygen atoms in total. The molecule has 0 unspecified atom stereocenters. The molecule has 2 aromatic carbocycles. The fourth-order valence-electron chi connectivity index (χ4n) is 2.90. The summed E-state index contributed by atoms with van der Waals surface area (Å²) in [6.45, 7) is 3.85. The van der Waals surface area contributed by atoms with Crippen LogP contribution < -0.4 is 0 Å². The highest BCUT2D eigenvalue weighted by Gasteiger charge is 2.28. The maximum absolute atomic E-state index is 11.9. The Labute approximate surface area is 139 Å². The molecule has 118 valence electrons. The molecule has 0 radical (unpaired) electrons. The molecule has 0 N–H and O–H groups in total. The molecule has 24 heavy (non-hydrogen) atoms. The lowest BCUT2D eigenvalue weighted by Gasteiger charge is -1.99. The Morgan fingerprint density at radius 3 is 1.50 bits per heavy atom. The van der Waals surface area contributed by atoms with E-state index in [0.29, 0.717) is 22.6 Å². The lowest BCUT2D eigenvalue weighted by Crippen LogP contribution is -1.93. The maximum atomic E-state index is 11.9. The fraction of sp³-hybridized carbons (Fsp3) is 0.100. The monoisotopic (exact) mass is 318 g/mol. The van der Waals surface area contributed by atoms with Crippen molar-refractivity contribution in [2.24, 2.45) is 0 Å². The van der Waals surface area contributed by atoms with E-state index in [4.69, 9.17) is 9.47 Å².